The molecule has 0 atom stereocenters. The van der Waals surface area contributed by atoms with E-state index in [9.17, 15) is 0 Å². The van der Waals surface area contributed by atoms with Crippen molar-refractivity contribution in [2.24, 2.45) is 4.99 Å². The molecule has 2 rings (SSSR count). The third-order valence-corrected chi connectivity index (χ3v) is 1.87. The van der Waals surface area contributed by atoms with Gasteiger partial charge in [-0.15, -0.1) is 0 Å². The zero-order valence-electron chi connectivity index (χ0n) is 7.07. The molecule has 0 bridgehead atoms. The average molecular weight is 174 g/mol. The van der Waals surface area contributed by atoms with Gasteiger partial charge in [-0.05, 0) is 6.07 Å². The topological polar surface area (TPSA) is 44.6 Å². The quantitative estimate of drug-likeness (QED) is 0.675. The molecule has 0 radical (unpaired) electrons. The van der Waals surface area contributed by atoms with Gasteiger partial charge in [0.15, 0.2) is 0 Å². The van der Waals surface area contributed by atoms with Gasteiger partial charge >= 0.3 is 0 Å². The van der Waals surface area contributed by atoms with Gasteiger partial charge in [0, 0.05) is 23.7 Å². The third kappa shape index (κ3) is 1.60. The summed E-state index contributed by atoms with van der Waals surface area (Å²) in [7, 11) is 0. The van der Waals surface area contributed by atoms with E-state index in [4.69, 9.17) is 5.11 Å². The Morgan fingerprint density at radius 1 is 1.31 bits per heavy atom. The standard InChI is InChI=1S/C10H10N2O/c13-7-9-6-11-5-8-3-1-2-4-10(8)12-9/h1-6,12-13H,7H2. The molecule has 13 heavy (non-hydrogen) atoms. The monoisotopic (exact) mass is 174 g/mol. The first kappa shape index (κ1) is 8.01. The number of benzene rings is 1. The van der Waals surface area contributed by atoms with E-state index in [1.54, 1.807) is 12.4 Å². The van der Waals surface area contributed by atoms with E-state index in [1.807, 2.05) is 24.3 Å². The first-order chi connectivity index (χ1) is 6.40. The number of nitrogens with one attached hydrogen (secondary N) is 1. The van der Waals surface area contributed by atoms with E-state index >= 15 is 0 Å². The maximum absolute atomic E-state index is 8.94. The van der Waals surface area contributed by atoms with Crippen molar-refractivity contribution >= 4 is 11.9 Å². The van der Waals surface area contributed by atoms with Crippen molar-refractivity contribution in [3.63, 3.8) is 0 Å². The summed E-state index contributed by atoms with van der Waals surface area (Å²) in [5.74, 6) is 0. The van der Waals surface area contributed by atoms with Gasteiger partial charge in [0.2, 0.25) is 0 Å². The van der Waals surface area contributed by atoms with Crippen LogP contribution in [0.15, 0.2) is 41.2 Å². The number of rotatable bonds is 1. The van der Waals surface area contributed by atoms with Crippen LogP contribution >= 0.6 is 0 Å². The Hall–Kier alpha value is -1.61. The highest BCUT2D eigenvalue weighted by molar-refractivity contribution is 5.89. The summed E-state index contributed by atoms with van der Waals surface area (Å²) in [5, 5.41) is 12.0. The molecule has 1 aromatic carbocycles. The van der Waals surface area contributed by atoms with Crippen LogP contribution in [0, 0.1) is 0 Å². The van der Waals surface area contributed by atoms with Gasteiger partial charge in [0.25, 0.3) is 0 Å². The molecular weight excluding hydrogens is 164 g/mol. The molecule has 1 aromatic rings. The first-order valence-electron chi connectivity index (χ1n) is 4.09. The number of aliphatic hydroxyl groups is 1. The van der Waals surface area contributed by atoms with Crippen LogP contribution in [0.25, 0.3) is 0 Å². The summed E-state index contributed by atoms with van der Waals surface area (Å²) in [4.78, 5) is 4.05. The second kappa shape index (κ2) is 3.41. The normalized spacial score (nSPS) is 14.1. The number of hydrogen-bond acceptors (Lipinski definition) is 3. The number of nitrogens with zero attached hydrogens (tertiary/aromatic N) is 1. The van der Waals surface area contributed by atoms with Crippen molar-refractivity contribution in [1.82, 2.24) is 0 Å². The maximum Gasteiger partial charge on any atom is 0.0846 e. The molecule has 0 aliphatic carbocycles. The number of anilines is 1. The molecule has 1 aliphatic rings. The molecule has 0 saturated heterocycles. The summed E-state index contributed by atoms with van der Waals surface area (Å²) in [5.41, 5.74) is 2.72. The fourth-order valence-electron chi connectivity index (χ4n) is 1.22. The second-order valence-corrected chi connectivity index (χ2v) is 2.80. The largest absolute Gasteiger partial charge is 0.390 e. The number of aliphatic hydroxyl groups excluding tert-OH is 1. The van der Waals surface area contributed by atoms with Gasteiger partial charge in [0.1, 0.15) is 0 Å². The summed E-state index contributed by atoms with van der Waals surface area (Å²) >= 11 is 0. The molecule has 0 aromatic heterocycles. The zero-order valence-corrected chi connectivity index (χ0v) is 7.07. The molecule has 0 spiro atoms. The molecule has 0 amide bonds. The Labute approximate surface area is 76.4 Å². The van der Waals surface area contributed by atoms with Crippen LogP contribution in [0.3, 0.4) is 0 Å². The van der Waals surface area contributed by atoms with Crippen molar-refractivity contribution in [3.8, 4) is 0 Å². The summed E-state index contributed by atoms with van der Waals surface area (Å²) in [6, 6.07) is 7.83. The van der Waals surface area contributed by atoms with E-state index in [0.717, 1.165) is 11.3 Å². The van der Waals surface area contributed by atoms with Crippen LogP contribution in [0.2, 0.25) is 0 Å². The minimum atomic E-state index is -0.0221. The number of fused-ring (bicyclic) bond motifs is 1. The van der Waals surface area contributed by atoms with Crippen LogP contribution in [0.1, 0.15) is 5.56 Å². The van der Waals surface area contributed by atoms with Crippen molar-refractivity contribution in [2.45, 2.75) is 0 Å². The molecule has 0 unspecified atom stereocenters. The Bertz CT molecular complexity index is 369. The highest BCUT2D eigenvalue weighted by atomic mass is 16.3. The average Bonchev–Trinajstić information content (AvgIpc) is 2.38. The van der Waals surface area contributed by atoms with Gasteiger partial charge in [-0.3, -0.25) is 4.99 Å². The lowest BCUT2D eigenvalue weighted by molar-refractivity contribution is 0.332. The predicted molar refractivity (Wildman–Crippen MR) is 52.8 cm³/mol. The van der Waals surface area contributed by atoms with Gasteiger partial charge in [-0.1, -0.05) is 18.2 Å². The Morgan fingerprint density at radius 3 is 3.00 bits per heavy atom. The molecular formula is C10H10N2O. The SMILES string of the molecule is OCC1=CN=Cc2ccccc2N1. The van der Waals surface area contributed by atoms with Crippen molar-refractivity contribution in [3.05, 3.63) is 41.7 Å². The molecule has 3 heteroatoms. The fraction of sp³-hybridized carbons (Fsp3) is 0.100. The molecule has 1 heterocycles. The van der Waals surface area contributed by atoms with Crippen molar-refractivity contribution in [2.75, 3.05) is 11.9 Å². The minimum Gasteiger partial charge on any atom is -0.390 e. The lowest BCUT2D eigenvalue weighted by Gasteiger charge is -2.07. The predicted octanol–water partition coefficient (Wildman–Crippen LogP) is 1.36. The van der Waals surface area contributed by atoms with E-state index in [0.29, 0.717) is 5.70 Å². The van der Waals surface area contributed by atoms with Gasteiger partial charge in [0.05, 0.1) is 12.3 Å². The molecule has 2 N–H and O–H groups in total. The van der Waals surface area contributed by atoms with E-state index < -0.39 is 0 Å². The summed E-state index contributed by atoms with van der Waals surface area (Å²) in [6.45, 7) is -0.0221. The van der Waals surface area contributed by atoms with E-state index in [1.165, 1.54) is 0 Å². The second-order valence-electron chi connectivity index (χ2n) is 2.80. The lowest BCUT2D eigenvalue weighted by Crippen LogP contribution is -2.03. The summed E-state index contributed by atoms with van der Waals surface area (Å²) < 4.78 is 0. The molecule has 3 nitrogen and oxygen atoms in total. The van der Waals surface area contributed by atoms with Crippen LogP contribution in [-0.4, -0.2) is 17.9 Å². The molecule has 66 valence electrons. The fourth-order valence-corrected chi connectivity index (χ4v) is 1.22. The highest BCUT2D eigenvalue weighted by Gasteiger charge is 2.03. The summed E-state index contributed by atoms with van der Waals surface area (Å²) in [6.07, 6.45) is 3.39. The highest BCUT2D eigenvalue weighted by Crippen LogP contribution is 2.17. The zero-order chi connectivity index (χ0) is 9.10. The number of aliphatic imine (C=N–C) groups is 1. The smallest absolute Gasteiger partial charge is 0.0846 e. The molecule has 1 aliphatic heterocycles. The van der Waals surface area contributed by atoms with Crippen molar-refractivity contribution in [1.29, 1.82) is 0 Å². The van der Waals surface area contributed by atoms with Crippen molar-refractivity contribution < 1.29 is 5.11 Å². The Morgan fingerprint density at radius 2 is 2.15 bits per heavy atom. The Kier molecular flexibility index (Phi) is 2.10. The first-order valence-corrected chi connectivity index (χ1v) is 4.09. The number of para-hydroxylation sites is 1. The van der Waals surface area contributed by atoms with Gasteiger partial charge in [-0.2, -0.15) is 0 Å². The van der Waals surface area contributed by atoms with Gasteiger partial charge < -0.3 is 10.4 Å². The van der Waals surface area contributed by atoms with Crippen LogP contribution in [0.4, 0.5) is 5.69 Å². The van der Waals surface area contributed by atoms with Crippen LogP contribution in [0.5, 0.6) is 0 Å². The molecule has 0 fully saturated rings. The molecule has 0 saturated carbocycles. The van der Waals surface area contributed by atoms with Gasteiger partial charge in [-0.25, -0.2) is 0 Å². The maximum atomic E-state index is 8.94. The number of hydrogen-bond donors (Lipinski definition) is 2. The minimum absolute atomic E-state index is 0.0221. The third-order valence-electron chi connectivity index (χ3n) is 1.87. The van der Waals surface area contributed by atoms with Crippen LogP contribution in [-0.2, 0) is 0 Å². The van der Waals surface area contributed by atoms with Crippen LogP contribution < -0.4 is 5.32 Å². The lowest BCUT2D eigenvalue weighted by atomic mass is 10.2. The Balaban J connectivity index is 2.40. The van der Waals surface area contributed by atoms with E-state index in [-0.39, 0.29) is 6.61 Å². The van der Waals surface area contributed by atoms with E-state index in [2.05, 4.69) is 10.3 Å².